The van der Waals surface area contributed by atoms with Crippen molar-refractivity contribution in [2.24, 2.45) is 0 Å². The molecule has 0 aromatic carbocycles. The van der Waals surface area contributed by atoms with Gasteiger partial charge in [0.25, 0.3) is 11.8 Å². The summed E-state index contributed by atoms with van der Waals surface area (Å²) in [5, 5.41) is 14.8. The fraction of sp³-hybridized carbons (Fsp3) is 0.429. The summed E-state index contributed by atoms with van der Waals surface area (Å²) in [5.74, 6) is -0.606. The Morgan fingerprint density at radius 3 is 3.00 bits per heavy atom. The van der Waals surface area contributed by atoms with Crippen LogP contribution >= 0.6 is 11.3 Å². The van der Waals surface area contributed by atoms with E-state index in [-0.39, 0.29) is 16.8 Å². The SMILES string of the molecule is CCCNC(=O)c1nc([O])cs1. The summed E-state index contributed by atoms with van der Waals surface area (Å²) < 4.78 is 0. The highest BCUT2D eigenvalue weighted by molar-refractivity contribution is 7.11. The zero-order chi connectivity index (χ0) is 8.97. The molecule has 1 aromatic rings. The molecule has 1 amide bonds. The number of hydrogen-bond acceptors (Lipinski definition) is 3. The number of nitrogens with one attached hydrogen (secondary N) is 1. The van der Waals surface area contributed by atoms with Gasteiger partial charge in [-0.1, -0.05) is 6.92 Å². The summed E-state index contributed by atoms with van der Waals surface area (Å²) in [7, 11) is 0. The summed E-state index contributed by atoms with van der Waals surface area (Å²) in [6.07, 6.45) is 0.876. The van der Waals surface area contributed by atoms with E-state index in [1.165, 1.54) is 5.38 Å². The lowest BCUT2D eigenvalue weighted by atomic mass is 10.5. The molecule has 0 saturated heterocycles. The molecule has 1 N–H and O–H groups in total. The number of rotatable bonds is 3. The maximum Gasteiger partial charge on any atom is 0.281 e. The maximum absolute atomic E-state index is 11.1. The molecule has 0 saturated carbocycles. The second-order valence-corrected chi connectivity index (χ2v) is 3.10. The van der Waals surface area contributed by atoms with E-state index in [0.29, 0.717) is 6.54 Å². The van der Waals surface area contributed by atoms with Crippen LogP contribution in [0.4, 0.5) is 0 Å². The Balaban J connectivity index is 2.53. The fourth-order valence-electron chi connectivity index (χ4n) is 0.677. The first-order valence-corrected chi connectivity index (χ1v) is 4.52. The van der Waals surface area contributed by atoms with Gasteiger partial charge < -0.3 is 5.32 Å². The Kier molecular flexibility index (Phi) is 3.04. The minimum absolute atomic E-state index is 0.244. The summed E-state index contributed by atoms with van der Waals surface area (Å²) in [5.41, 5.74) is 0. The van der Waals surface area contributed by atoms with E-state index in [1.54, 1.807) is 0 Å². The first-order valence-electron chi connectivity index (χ1n) is 3.64. The van der Waals surface area contributed by atoms with Gasteiger partial charge in [0.05, 0.1) is 5.38 Å². The quantitative estimate of drug-likeness (QED) is 0.774. The monoisotopic (exact) mass is 185 g/mol. The Morgan fingerprint density at radius 2 is 2.50 bits per heavy atom. The van der Waals surface area contributed by atoms with Crippen LogP contribution in [0.2, 0.25) is 0 Å². The topological polar surface area (TPSA) is 61.9 Å². The first-order chi connectivity index (χ1) is 5.74. The zero-order valence-corrected chi connectivity index (χ0v) is 7.48. The molecule has 0 aliphatic heterocycles. The Bertz CT molecular complexity index is 272. The van der Waals surface area contributed by atoms with Crippen LogP contribution in [0.5, 0.6) is 5.88 Å². The van der Waals surface area contributed by atoms with Crippen LogP contribution in [-0.2, 0) is 5.11 Å². The molecular weight excluding hydrogens is 176 g/mol. The van der Waals surface area contributed by atoms with Crippen LogP contribution in [-0.4, -0.2) is 17.4 Å². The number of aromatic nitrogens is 1. The molecule has 0 bridgehead atoms. The smallest absolute Gasteiger partial charge is 0.281 e. The molecule has 1 radical (unpaired) electrons. The molecule has 5 heteroatoms. The highest BCUT2D eigenvalue weighted by Gasteiger charge is 2.09. The molecule has 1 heterocycles. The second kappa shape index (κ2) is 4.06. The number of thiazole rings is 1. The largest absolute Gasteiger partial charge is 0.350 e. The third-order valence-electron chi connectivity index (χ3n) is 1.21. The molecule has 0 spiro atoms. The normalized spacial score (nSPS) is 9.75. The van der Waals surface area contributed by atoms with Crippen LogP contribution in [0.25, 0.3) is 0 Å². The van der Waals surface area contributed by atoms with Crippen molar-refractivity contribution in [2.75, 3.05) is 6.54 Å². The van der Waals surface area contributed by atoms with Crippen LogP contribution in [0.3, 0.4) is 0 Å². The van der Waals surface area contributed by atoms with Crippen molar-refractivity contribution >= 4 is 17.2 Å². The van der Waals surface area contributed by atoms with Gasteiger partial charge in [0.2, 0.25) is 0 Å². The highest BCUT2D eigenvalue weighted by atomic mass is 32.1. The van der Waals surface area contributed by atoms with E-state index >= 15 is 0 Å². The van der Waals surface area contributed by atoms with Gasteiger partial charge in [-0.15, -0.1) is 11.3 Å². The van der Waals surface area contributed by atoms with Crippen molar-refractivity contribution in [1.82, 2.24) is 10.3 Å². The molecule has 4 nitrogen and oxygen atoms in total. The minimum Gasteiger partial charge on any atom is -0.350 e. The van der Waals surface area contributed by atoms with Gasteiger partial charge in [0.15, 0.2) is 5.01 Å². The average Bonchev–Trinajstić information content (AvgIpc) is 2.47. The number of carbonyl (C=O) groups excluding carboxylic acids is 1. The third-order valence-corrected chi connectivity index (χ3v) is 2.03. The second-order valence-electron chi connectivity index (χ2n) is 2.25. The van der Waals surface area contributed by atoms with Crippen molar-refractivity contribution in [2.45, 2.75) is 13.3 Å². The number of nitrogens with zero attached hydrogens (tertiary/aromatic N) is 1. The summed E-state index contributed by atoms with van der Waals surface area (Å²) in [6, 6.07) is 0. The molecule has 0 aliphatic rings. The van der Waals surface area contributed by atoms with Gasteiger partial charge in [-0.2, -0.15) is 4.98 Å². The number of hydrogen-bond donors (Lipinski definition) is 1. The molecule has 12 heavy (non-hydrogen) atoms. The van der Waals surface area contributed by atoms with Crippen LogP contribution in [0.15, 0.2) is 5.38 Å². The first kappa shape index (κ1) is 8.99. The van der Waals surface area contributed by atoms with E-state index in [2.05, 4.69) is 10.3 Å². The predicted molar refractivity (Wildman–Crippen MR) is 44.9 cm³/mol. The van der Waals surface area contributed by atoms with Crippen molar-refractivity contribution in [3.8, 4) is 5.88 Å². The molecule has 0 fully saturated rings. The highest BCUT2D eigenvalue weighted by Crippen LogP contribution is 2.14. The Labute approximate surface area is 74.3 Å². The standard InChI is InChI=1S/C7H9N2O2S/c1-2-3-8-6(11)7-9-5(10)4-12-7/h4H,2-3H2,1H3,(H,8,11). The molecule has 0 aliphatic carbocycles. The third kappa shape index (κ3) is 2.20. The molecule has 1 aromatic heterocycles. The predicted octanol–water partition coefficient (Wildman–Crippen LogP) is 1.43. The summed E-state index contributed by atoms with van der Waals surface area (Å²) >= 11 is 1.07. The molecular formula is C7H9N2O2S. The van der Waals surface area contributed by atoms with Gasteiger partial charge in [-0.25, -0.2) is 0 Å². The van der Waals surface area contributed by atoms with Crippen LogP contribution in [0.1, 0.15) is 23.1 Å². The zero-order valence-electron chi connectivity index (χ0n) is 6.66. The lowest BCUT2D eigenvalue weighted by Gasteiger charge is -1.97. The van der Waals surface area contributed by atoms with Gasteiger partial charge >= 0.3 is 0 Å². The van der Waals surface area contributed by atoms with Gasteiger partial charge in [-0.3, -0.25) is 9.90 Å². The summed E-state index contributed by atoms with van der Waals surface area (Å²) in [6.45, 7) is 2.58. The van der Waals surface area contributed by atoms with E-state index in [9.17, 15) is 9.90 Å². The number of carbonyl (C=O) groups is 1. The Hall–Kier alpha value is -1.10. The lowest BCUT2D eigenvalue weighted by molar-refractivity contribution is 0.0952. The van der Waals surface area contributed by atoms with Crippen molar-refractivity contribution in [1.29, 1.82) is 0 Å². The molecule has 65 valence electrons. The number of amides is 1. The maximum atomic E-state index is 11.1. The van der Waals surface area contributed by atoms with Crippen molar-refractivity contribution in [3.05, 3.63) is 10.4 Å². The van der Waals surface area contributed by atoms with E-state index in [1.807, 2.05) is 6.92 Å². The van der Waals surface area contributed by atoms with E-state index in [4.69, 9.17) is 0 Å². The fourth-order valence-corrected chi connectivity index (χ4v) is 1.26. The van der Waals surface area contributed by atoms with Crippen LogP contribution in [0, 0.1) is 0 Å². The Morgan fingerprint density at radius 1 is 1.75 bits per heavy atom. The van der Waals surface area contributed by atoms with Crippen molar-refractivity contribution in [3.63, 3.8) is 0 Å². The van der Waals surface area contributed by atoms with Crippen LogP contribution < -0.4 is 5.32 Å². The minimum atomic E-state index is -0.346. The van der Waals surface area contributed by atoms with E-state index < -0.39 is 0 Å². The van der Waals surface area contributed by atoms with Gasteiger partial charge in [0, 0.05) is 6.54 Å². The lowest BCUT2D eigenvalue weighted by Crippen LogP contribution is -2.23. The molecule has 1 rings (SSSR count). The van der Waals surface area contributed by atoms with Gasteiger partial charge in [0.1, 0.15) is 0 Å². The average molecular weight is 185 g/mol. The molecule has 0 unspecified atom stereocenters. The summed E-state index contributed by atoms with van der Waals surface area (Å²) in [4.78, 5) is 14.6. The molecule has 0 atom stereocenters. The van der Waals surface area contributed by atoms with Crippen molar-refractivity contribution < 1.29 is 9.90 Å². The van der Waals surface area contributed by atoms with E-state index in [0.717, 1.165) is 17.8 Å². The van der Waals surface area contributed by atoms with Gasteiger partial charge in [-0.05, 0) is 6.42 Å².